The first-order chi connectivity index (χ1) is 9.88. The third-order valence-electron chi connectivity index (χ3n) is 3.61. The second-order valence-corrected chi connectivity index (χ2v) is 5.68. The zero-order chi connectivity index (χ0) is 15.6. The molecule has 3 nitrogen and oxygen atoms in total. The number of nitrogen functional groups attached to an aromatic ring is 1. The molecule has 0 fully saturated rings. The monoisotopic (exact) mass is 282 g/mol. The van der Waals surface area contributed by atoms with Crippen molar-refractivity contribution in [3.8, 4) is 0 Å². The van der Waals surface area contributed by atoms with Crippen molar-refractivity contribution in [2.45, 2.75) is 27.3 Å². The Balaban J connectivity index is 2.24. The molecule has 0 saturated heterocycles. The van der Waals surface area contributed by atoms with Crippen LogP contribution in [0.2, 0.25) is 0 Å². The van der Waals surface area contributed by atoms with Gasteiger partial charge in [0.2, 0.25) is 0 Å². The van der Waals surface area contributed by atoms with Gasteiger partial charge in [-0.2, -0.15) is 0 Å². The molecule has 0 bridgehead atoms. The Morgan fingerprint density at radius 2 is 1.71 bits per heavy atom. The zero-order valence-corrected chi connectivity index (χ0v) is 13.1. The summed E-state index contributed by atoms with van der Waals surface area (Å²) in [6, 6.07) is 11.7. The van der Waals surface area contributed by atoms with Gasteiger partial charge >= 0.3 is 0 Å². The summed E-state index contributed by atoms with van der Waals surface area (Å²) in [5, 5.41) is 0. The van der Waals surface area contributed by atoms with Crippen molar-refractivity contribution in [3.63, 3.8) is 0 Å². The third-order valence-corrected chi connectivity index (χ3v) is 3.61. The molecular formula is C18H22N2O. The number of nitrogens with zero attached hydrogens (tertiary/aromatic N) is 1. The summed E-state index contributed by atoms with van der Waals surface area (Å²) in [5.41, 5.74) is 11.6. The minimum atomic E-state index is 0.0485. The lowest BCUT2D eigenvalue weighted by atomic mass is 9.98. The summed E-state index contributed by atoms with van der Waals surface area (Å²) in [6.45, 7) is 6.57. The lowest BCUT2D eigenvalue weighted by Crippen LogP contribution is -2.27. The first-order valence-electron chi connectivity index (χ1n) is 7.06. The van der Waals surface area contributed by atoms with Gasteiger partial charge in [-0.15, -0.1) is 0 Å². The van der Waals surface area contributed by atoms with E-state index in [4.69, 9.17) is 5.73 Å². The van der Waals surface area contributed by atoms with Crippen LogP contribution >= 0.6 is 0 Å². The van der Waals surface area contributed by atoms with E-state index in [9.17, 15) is 4.79 Å². The molecule has 2 N–H and O–H groups in total. The van der Waals surface area contributed by atoms with E-state index in [1.54, 1.807) is 4.90 Å². The average Bonchev–Trinajstić information content (AvgIpc) is 2.37. The summed E-state index contributed by atoms with van der Waals surface area (Å²) >= 11 is 0. The lowest BCUT2D eigenvalue weighted by Gasteiger charge is -2.20. The summed E-state index contributed by atoms with van der Waals surface area (Å²) in [7, 11) is 1.82. The summed E-state index contributed by atoms with van der Waals surface area (Å²) < 4.78 is 0. The molecule has 0 radical (unpaired) electrons. The molecule has 0 spiro atoms. The van der Waals surface area contributed by atoms with E-state index in [0.29, 0.717) is 6.54 Å². The fraction of sp³-hybridized carbons (Fsp3) is 0.278. The Kier molecular flexibility index (Phi) is 4.32. The number of anilines is 1. The van der Waals surface area contributed by atoms with Crippen LogP contribution in [0.15, 0.2) is 36.4 Å². The Bertz CT molecular complexity index is 654. The second kappa shape index (κ2) is 6.00. The third kappa shape index (κ3) is 3.43. The van der Waals surface area contributed by atoms with E-state index >= 15 is 0 Å². The lowest BCUT2D eigenvalue weighted by molar-refractivity contribution is 0.0783. The SMILES string of the molecule is Cc1cc(C)c(C(=O)N(C)Cc2cccc(N)c2)c(C)c1. The minimum absolute atomic E-state index is 0.0485. The number of hydrogen-bond donors (Lipinski definition) is 1. The maximum Gasteiger partial charge on any atom is 0.254 e. The van der Waals surface area contributed by atoms with E-state index < -0.39 is 0 Å². The number of nitrogens with two attached hydrogens (primary N) is 1. The maximum absolute atomic E-state index is 12.7. The maximum atomic E-state index is 12.7. The summed E-state index contributed by atoms with van der Waals surface area (Å²) in [5.74, 6) is 0.0485. The molecule has 0 saturated carbocycles. The van der Waals surface area contributed by atoms with E-state index in [-0.39, 0.29) is 5.91 Å². The predicted octanol–water partition coefficient (Wildman–Crippen LogP) is 3.47. The first kappa shape index (κ1) is 15.1. The van der Waals surface area contributed by atoms with Gasteiger partial charge in [-0.25, -0.2) is 0 Å². The van der Waals surface area contributed by atoms with E-state index in [1.165, 1.54) is 5.56 Å². The smallest absolute Gasteiger partial charge is 0.254 e. The number of aryl methyl sites for hydroxylation is 3. The Hall–Kier alpha value is -2.29. The highest BCUT2D eigenvalue weighted by molar-refractivity contribution is 5.97. The van der Waals surface area contributed by atoms with Gasteiger partial charge in [0.1, 0.15) is 0 Å². The van der Waals surface area contributed by atoms with Gasteiger partial charge in [0.15, 0.2) is 0 Å². The van der Waals surface area contributed by atoms with Gasteiger partial charge < -0.3 is 10.6 Å². The topological polar surface area (TPSA) is 46.3 Å². The quantitative estimate of drug-likeness (QED) is 0.876. The highest BCUT2D eigenvalue weighted by Gasteiger charge is 2.17. The van der Waals surface area contributed by atoms with Crippen LogP contribution in [0, 0.1) is 20.8 Å². The van der Waals surface area contributed by atoms with Crippen LogP contribution < -0.4 is 5.73 Å². The molecule has 0 atom stereocenters. The molecular weight excluding hydrogens is 260 g/mol. The number of amides is 1. The fourth-order valence-electron chi connectivity index (χ4n) is 2.75. The molecule has 0 aromatic heterocycles. The molecule has 2 rings (SSSR count). The Morgan fingerprint density at radius 3 is 2.29 bits per heavy atom. The Morgan fingerprint density at radius 1 is 1.10 bits per heavy atom. The minimum Gasteiger partial charge on any atom is -0.399 e. The molecule has 0 aliphatic carbocycles. The average molecular weight is 282 g/mol. The standard InChI is InChI=1S/C18H22N2O/c1-12-8-13(2)17(14(3)9-12)18(21)20(4)11-15-6-5-7-16(19)10-15/h5-10H,11,19H2,1-4H3. The van der Waals surface area contributed by atoms with Crippen LogP contribution in [0.5, 0.6) is 0 Å². The molecule has 0 heterocycles. The normalized spacial score (nSPS) is 10.5. The molecule has 2 aromatic carbocycles. The largest absolute Gasteiger partial charge is 0.399 e. The molecule has 1 amide bonds. The number of hydrogen-bond acceptors (Lipinski definition) is 2. The number of benzene rings is 2. The van der Waals surface area contributed by atoms with Crippen molar-refractivity contribution >= 4 is 11.6 Å². The van der Waals surface area contributed by atoms with E-state index in [2.05, 4.69) is 12.1 Å². The molecule has 21 heavy (non-hydrogen) atoms. The number of carbonyl (C=O) groups is 1. The van der Waals surface area contributed by atoms with Gasteiger partial charge in [0.05, 0.1) is 0 Å². The van der Waals surface area contributed by atoms with Gasteiger partial charge in [0, 0.05) is 24.8 Å². The highest BCUT2D eigenvalue weighted by atomic mass is 16.2. The fourth-order valence-corrected chi connectivity index (χ4v) is 2.75. The van der Waals surface area contributed by atoms with Crippen LogP contribution in [0.4, 0.5) is 5.69 Å². The molecule has 110 valence electrons. The first-order valence-corrected chi connectivity index (χ1v) is 7.06. The van der Waals surface area contributed by atoms with Crippen molar-refractivity contribution in [2.75, 3.05) is 12.8 Å². The van der Waals surface area contributed by atoms with Crippen molar-refractivity contribution in [3.05, 3.63) is 64.2 Å². The molecule has 0 aliphatic rings. The van der Waals surface area contributed by atoms with Crippen molar-refractivity contribution in [2.24, 2.45) is 0 Å². The molecule has 0 aliphatic heterocycles. The van der Waals surface area contributed by atoms with Crippen LogP contribution in [-0.2, 0) is 6.54 Å². The Labute approximate surface area is 126 Å². The highest BCUT2D eigenvalue weighted by Crippen LogP contribution is 2.19. The van der Waals surface area contributed by atoms with E-state index in [1.807, 2.05) is 52.1 Å². The summed E-state index contributed by atoms with van der Waals surface area (Å²) in [4.78, 5) is 14.4. The number of rotatable bonds is 3. The van der Waals surface area contributed by atoms with Gasteiger partial charge in [-0.05, 0) is 49.6 Å². The van der Waals surface area contributed by atoms with Crippen LogP contribution in [-0.4, -0.2) is 17.9 Å². The second-order valence-electron chi connectivity index (χ2n) is 5.68. The van der Waals surface area contributed by atoms with E-state index in [0.717, 1.165) is 27.9 Å². The predicted molar refractivity (Wildman–Crippen MR) is 87.3 cm³/mol. The number of carbonyl (C=O) groups excluding carboxylic acids is 1. The van der Waals surface area contributed by atoms with Gasteiger partial charge in [-0.1, -0.05) is 29.8 Å². The zero-order valence-electron chi connectivity index (χ0n) is 13.1. The van der Waals surface area contributed by atoms with Gasteiger partial charge in [-0.3, -0.25) is 4.79 Å². The molecule has 3 heteroatoms. The van der Waals surface area contributed by atoms with Crippen LogP contribution in [0.1, 0.15) is 32.6 Å². The van der Waals surface area contributed by atoms with Crippen LogP contribution in [0.25, 0.3) is 0 Å². The van der Waals surface area contributed by atoms with Crippen molar-refractivity contribution < 1.29 is 4.79 Å². The van der Waals surface area contributed by atoms with Crippen molar-refractivity contribution in [1.29, 1.82) is 0 Å². The van der Waals surface area contributed by atoms with Crippen molar-refractivity contribution in [1.82, 2.24) is 4.90 Å². The summed E-state index contributed by atoms with van der Waals surface area (Å²) in [6.07, 6.45) is 0. The molecule has 0 unspecified atom stereocenters. The van der Waals surface area contributed by atoms with Crippen LogP contribution in [0.3, 0.4) is 0 Å². The molecule has 2 aromatic rings. The van der Waals surface area contributed by atoms with Gasteiger partial charge in [0.25, 0.3) is 5.91 Å².